The SMILES string of the molecule is COc1cc(N)ccc1-c1nnnn1C1CCC1. The first-order valence-electron chi connectivity index (χ1n) is 6.01. The number of tetrazole rings is 1. The number of nitrogens with zero attached hydrogens (tertiary/aromatic N) is 4. The zero-order chi connectivity index (χ0) is 12.5. The third kappa shape index (κ3) is 1.70. The number of hydrogen-bond donors (Lipinski definition) is 1. The predicted octanol–water partition coefficient (Wildman–Crippen LogP) is 1.66. The van der Waals surface area contributed by atoms with Crippen molar-refractivity contribution < 1.29 is 4.74 Å². The summed E-state index contributed by atoms with van der Waals surface area (Å²) in [4.78, 5) is 0. The highest BCUT2D eigenvalue weighted by Crippen LogP contribution is 2.36. The quantitative estimate of drug-likeness (QED) is 0.832. The number of hydrogen-bond acceptors (Lipinski definition) is 5. The molecule has 2 N–H and O–H groups in total. The smallest absolute Gasteiger partial charge is 0.186 e. The Bertz CT molecular complexity index is 561. The summed E-state index contributed by atoms with van der Waals surface area (Å²) in [6, 6.07) is 5.93. The number of rotatable bonds is 3. The lowest BCUT2D eigenvalue weighted by Gasteiger charge is -2.26. The van der Waals surface area contributed by atoms with Crippen LogP contribution in [0.25, 0.3) is 11.4 Å². The predicted molar refractivity (Wildman–Crippen MR) is 67.1 cm³/mol. The fraction of sp³-hybridized carbons (Fsp3) is 0.417. The van der Waals surface area contributed by atoms with Gasteiger partial charge in [0.05, 0.1) is 18.7 Å². The van der Waals surface area contributed by atoms with Crippen molar-refractivity contribution >= 4 is 5.69 Å². The third-order valence-electron chi connectivity index (χ3n) is 3.38. The number of ether oxygens (including phenoxy) is 1. The van der Waals surface area contributed by atoms with Crippen molar-refractivity contribution in [1.29, 1.82) is 0 Å². The highest BCUT2D eigenvalue weighted by molar-refractivity contribution is 5.67. The van der Waals surface area contributed by atoms with Crippen molar-refractivity contribution in [1.82, 2.24) is 20.2 Å². The normalized spacial score (nSPS) is 15.4. The Kier molecular flexibility index (Phi) is 2.62. The molecule has 6 heteroatoms. The number of nitrogens with two attached hydrogens (primary N) is 1. The zero-order valence-electron chi connectivity index (χ0n) is 10.2. The monoisotopic (exact) mass is 245 g/mol. The van der Waals surface area contributed by atoms with Crippen LogP contribution in [0.4, 0.5) is 5.69 Å². The average Bonchev–Trinajstić information content (AvgIpc) is 2.75. The first-order chi connectivity index (χ1) is 8.79. The molecule has 6 nitrogen and oxygen atoms in total. The first kappa shape index (κ1) is 11.0. The summed E-state index contributed by atoms with van der Waals surface area (Å²) >= 11 is 0. The molecule has 94 valence electrons. The molecule has 0 atom stereocenters. The van der Waals surface area contributed by atoms with Crippen molar-refractivity contribution in [2.24, 2.45) is 0 Å². The van der Waals surface area contributed by atoms with Gasteiger partial charge in [0.1, 0.15) is 5.75 Å². The molecule has 0 unspecified atom stereocenters. The molecule has 0 bridgehead atoms. The number of nitrogen functional groups attached to an aromatic ring is 1. The Balaban J connectivity index is 2.06. The van der Waals surface area contributed by atoms with Crippen molar-refractivity contribution in [3.05, 3.63) is 18.2 Å². The molecule has 0 aliphatic heterocycles. The van der Waals surface area contributed by atoms with E-state index in [0.717, 1.165) is 24.2 Å². The van der Waals surface area contributed by atoms with Gasteiger partial charge in [0, 0.05) is 11.8 Å². The van der Waals surface area contributed by atoms with Crippen molar-refractivity contribution in [2.75, 3.05) is 12.8 Å². The maximum Gasteiger partial charge on any atom is 0.186 e. The maximum atomic E-state index is 5.75. The van der Waals surface area contributed by atoms with Gasteiger partial charge in [-0.3, -0.25) is 0 Å². The van der Waals surface area contributed by atoms with Gasteiger partial charge in [-0.25, -0.2) is 4.68 Å². The average molecular weight is 245 g/mol. The van der Waals surface area contributed by atoms with Gasteiger partial charge in [-0.1, -0.05) is 0 Å². The van der Waals surface area contributed by atoms with Crippen LogP contribution in [0.1, 0.15) is 25.3 Å². The molecule has 3 rings (SSSR count). The molecule has 0 spiro atoms. The molecule has 1 aromatic carbocycles. The van der Waals surface area contributed by atoms with Gasteiger partial charge in [-0.15, -0.1) is 5.10 Å². The minimum atomic E-state index is 0.414. The molecule has 2 aromatic rings. The summed E-state index contributed by atoms with van der Waals surface area (Å²) < 4.78 is 7.23. The molecule has 1 saturated carbocycles. The largest absolute Gasteiger partial charge is 0.496 e. The fourth-order valence-electron chi connectivity index (χ4n) is 2.14. The van der Waals surface area contributed by atoms with E-state index in [1.165, 1.54) is 6.42 Å². The number of benzene rings is 1. The Morgan fingerprint density at radius 2 is 2.22 bits per heavy atom. The lowest BCUT2D eigenvalue weighted by atomic mass is 9.93. The van der Waals surface area contributed by atoms with E-state index in [1.807, 2.05) is 16.8 Å². The van der Waals surface area contributed by atoms with E-state index in [4.69, 9.17) is 10.5 Å². The molecule has 1 fully saturated rings. The second-order valence-electron chi connectivity index (χ2n) is 4.49. The second kappa shape index (κ2) is 4.29. The van der Waals surface area contributed by atoms with E-state index in [2.05, 4.69) is 15.5 Å². The Morgan fingerprint density at radius 1 is 1.39 bits per heavy atom. The van der Waals surface area contributed by atoms with Gasteiger partial charge in [-0.2, -0.15) is 0 Å². The van der Waals surface area contributed by atoms with Crippen LogP contribution in [0, 0.1) is 0 Å². The van der Waals surface area contributed by atoms with Gasteiger partial charge < -0.3 is 10.5 Å². The lowest BCUT2D eigenvalue weighted by Crippen LogP contribution is -2.19. The van der Waals surface area contributed by atoms with Crippen LogP contribution in [0.15, 0.2) is 18.2 Å². The molecular weight excluding hydrogens is 230 g/mol. The van der Waals surface area contributed by atoms with Crippen molar-refractivity contribution in [2.45, 2.75) is 25.3 Å². The van der Waals surface area contributed by atoms with Crippen LogP contribution in [-0.2, 0) is 0 Å². The van der Waals surface area contributed by atoms with E-state index >= 15 is 0 Å². The van der Waals surface area contributed by atoms with Gasteiger partial charge >= 0.3 is 0 Å². The van der Waals surface area contributed by atoms with Gasteiger partial charge in [0.2, 0.25) is 0 Å². The summed E-state index contributed by atoms with van der Waals surface area (Å²) in [5.74, 6) is 1.45. The lowest BCUT2D eigenvalue weighted by molar-refractivity contribution is 0.287. The Hall–Kier alpha value is -2.11. The van der Waals surface area contributed by atoms with Crippen LogP contribution in [-0.4, -0.2) is 27.3 Å². The highest BCUT2D eigenvalue weighted by Gasteiger charge is 2.25. The summed E-state index contributed by atoms with van der Waals surface area (Å²) in [6.07, 6.45) is 3.51. The molecule has 1 heterocycles. The first-order valence-corrected chi connectivity index (χ1v) is 6.01. The minimum Gasteiger partial charge on any atom is -0.496 e. The van der Waals surface area contributed by atoms with Crippen LogP contribution in [0.5, 0.6) is 5.75 Å². The fourth-order valence-corrected chi connectivity index (χ4v) is 2.14. The molecule has 1 aliphatic rings. The molecule has 1 aromatic heterocycles. The minimum absolute atomic E-state index is 0.414. The van der Waals surface area contributed by atoms with Gasteiger partial charge in [0.15, 0.2) is 5.82 Å². The van der Waals surface area contributed by atoms with Crippen molar-refractivity contribution in [3.63, 3.8) is 0 Å². The standard InChI is InChI=1S/C12H15N5O/c1-18-11-7-8(13)5-6-10(11)12-14-15-16-17(12)9-3-2-4-9/h5-7,9H,2-4,13H2,1H3. The van der Waals surface area contributed by atoms with E-state index in [0.29, 0.717) is 17.5 Å². The summed E-state index contributed by atoms with van der Waals surface area (Å²) in [5.41, 5.74) is 7.30. The van der Waals surface area contributed by atoms with Crippen LogP contribution in [0.3, 0.4) is 0 Å². The van der Waals surface area contributed by atoms with E-state index in [9.17, 15) is 0 Å². The van der Waals surface area contributed by atoms with Crippen molar-refractivity contribution in [3.8, 4) is 17.1 Å². The summed E-state index contributed by atoms with van der Waals surface area (Å²) in [7, 11) is 1.62. The molecule has 0 saturated heterocycles. The highest BCUT2D eigenvalue weighted by atomic mass is 16.5. The molecule has 1 aliphatic carbocycles. The van der Waals surface area contributed by atoms with Crippen LogP contribution in [0.2, 0.25) is 0 Å². The van der Waals surface area contributed by atoms with Gasteiger partial charge in [0.25, 0.3) is 0 Å². The molecular formula is C12H15N5O. The van der Waals surface area contributed by atoms with Crippen LogP contribution < -0.4 is 10.5 Å². The topological polar surface area (TPSA) is 78.8 Å². The molecule has 0 radical (unpaired) electrons. The third-order valence-corrected chi connectivity index (χ3v) is 3.38. The summed E-state index contributed by atoms with van der Waals surface area (Å²) in [5, 5.41) is 12.0. The number of methoxy groups -OCH3 is 1. The molecule has 0 amide bonds. The van der Waals surface area contributed by atoms with Gasteiger partial charge in [-0.05, 0) is 41.8 Å². The Morgan fingerprint density at radius 3 is 2.89 bits per heavy atom. The zero-order valence-corrected chi connectivity index (χ0v) is 10.2. The molecule has 18 heavy (non-hydrogen) atoms. The summed E-state index contributed by atoms with van der Waals surface area (Å²) in [6.45, 7) is 0. The Labute approximate surface area is 105 Å². The maximum absolute atomic E-state index is 5.75. The number of anilines is 1. The second-order valence-corrected chi connectivity index (χ2v) is 4.49. The van der Waals surface area contributed by atoms with E-state index in [1.54, 1.807) is 13.2 Å². The number of aromatic nitrogens is 4. The van der Waals surface area contributed by atoms with E-state index in [-0.39, 0.29) is 0 Å². The van der Waals surface area contributed by atoms with E-state index < -0.39 is 0 Å². The van der Waals surface area contributed by atoms with Crippen LogP contribution >= 0.6 is 0 Å².